The number of allylic oxidation sites excluding steroid dienone is 2. The fraction of sp³-hybridized carbons (Fsp3) is 0.516. The van der Waals surface area contributed by atoms with Crippen LogP contribution in [0.15, 0.2) is 42.5 Å². The minimum Gasteiger partial charge on any atom is -0.497 e. The molecule has 5 nitrogen and oxygen atoms in total. The van der Waals surface area contributed by atoms with Gasteiger partial charge in [-0.15, -0.1) is 0 Å². The van der Waals surface area contributed by atoms with Crippen LogP contribution in [0.5, 0.6) is 11.5 Å². The Morgan fingerprint density at radius 3 is 2.57 bits per heavy atom. The third-order valence-electron chi connectivity index (χ3n) is 7.39. The first-order chi connectivity index (χ1) is 18.1. The van der Waals surface area contributed by atoms with Crippen molar-refractivity contribution >= 4 is 11.4 Å². The van der Waals surface area contributed by atoms with Gasteiger partial charge in [0.25, 0.3) is 0 Å². The molecule has 0 bridgehead atoms. The van der Waals surface area contributed by atoms with Crippen LogP contribution in [0.4, 0.5) is 4.39 Å². The number of carbonyl (C=O) groups is 1. The van der Waals surface area contributed by atoms with Crippen LogP contribution in [0.2, 0.25) is 0 Å². The first-order valence-corrected chi connectivity index (χ1v) is 13.8. The van der Waals surface area contributed by atoms with Crippen LogP contribution in [0.25, 0.3) is 5.57 Å². The Morgan fingerprint density at radius 1 is 1.05 bits per heavy atom. The molecule has 0 radical (unpaired) electrons. The summed E-state index contributed by atoms with van der Waals surface area (Å²) in [6.07, 6.45) is 8.67. The summed E-state index contributed by atoms with van der Waals surface area (Å²) in [7, 11) is 1.61. The Kier molecular flexibility index (Phi) is 10.1. The maximum Gasteiger partial charge on any atom is 0.196 e. The zero-order valence-corrected chi connectivity index (χ0v) is 22.3. The number of hydrogen-bond donors (Lipinski definition) is 0. The summed E-state index contributed by atoms with van der Waals surface area (Å²) in [5, 5.41) is 0. The molecule has 1 saturated heterocycles. The summed E-state index contributed by atoms with van der Waals surface area (Å²) in [5.41, 5.74) is 2.25. The molecule has 1 heterocycles. The fourth-order valence-electron chi connectivity index (χ4n) is 5.38. The van der Waals surface area contributed by atoms with Gasteiger partial charge in [-0.2, -0.15) is 0 Å². The van der Waals surface area contributed by atoms with Crippen LogP contribution in [0, 0.1) is 5.82 Å². The molecule has 4 rings (SSSR count). The minimum atomic E-state index is -0.470. The molecule has 1 fully saturated rings. The second-order valence-corrected chi connectivity index (χ2v) is 9.94. The van der Waals surface area contributed by atoms with Crippen LogP contribution in [0.3, 0.4) is 0 Å². The highest BCUT2D eigenvalue weighted by atomic mass is 19.1. The quantitative estimate of drug-likeness (QED) is 0.317. The molecule has 2 aromatic carbocycles. The number of hydrogen-bond acceptors (Lipinski definition) is 5. The Balaban J connectivity index is 1.56. The van der Waals surface area contributed by atoms with E-state index in [1.54, 1.807) is 13.2 Å². The van der Waals surface area contributed by atoms with Crippen LogP contribution in [0.1, 0.15) is 79.3 Å². The zero-order chi connectivity index (χ0) is 26.0. The lowest BCUT2D eigenvalue weighted by atomic mass is 9.80. The van der Waals surface area contributed by atoms with E-state index in [-0.39, 0.29) is 17.3 Å². The first kappa shape index (κ1) is 27.3. The number of rotatable bonds is 11. The second-order valence-electron chi connectivity index (χ2n) is 9.94. The van der Waals surface area contributed by atoms with Crippen LogP contribution >= 0.6 is 0 Å². The van der Waals surface area contributed by atoms with E-state index in [1.807, 2.05) is 30.3 Å². The molecular weight excluding hydrogens is 469 g/mol. The summed E-state index contributed by atoms with van der Waals surface area (Å²) in [5.74, 6) is 0.719. The lowest BCUT2D eigenvalue weighted by molar-refractivity contribution is 0.0371. The molecule has 0 aromatic heterocycles. The Hall–Kier alpha value is -2.70. The number of ether oxygens (including phenoxy) is 3. The second kappa shape index (κ2) is 13.7. The highest BCUT2D eigenvalue weighted by Crippen LogP contribution is 2.41. The molecule has 37 heavy (non-hydrogen) atoms. The van der Waals surface area contributed by atoms with E-state index in [9.17, 15) is 4.79 Å². The van der Waals surface area contributed by atoms with Crippen LogP contribution in [-0.2, 0) is 4.74 Å². The van der Waals surface area contributed by atoms with E-state index in [0.29, 0.717) is 17.9 Å². The van der Waals surface area contributed by atoms with Crippen molar-refractivity contribution in [3.05, 3.63) is 65.0 Å². The van der Waals surface area contributed by atoms with Gasteiger partial charge in [0.05, 0.1) is 32.5 Å². The molecule has 1 aliphatic carbocycles. The van der Waals surface area contributed by atoms with Crippen LogP contribution < -0.4 is 9.47 Å². The van der Waals surface area contributed by atoms with Gasteiger partial charge in [0, 0.05) is 24.2 Å². The predicted octanol–water partition coefficient (Wildman–Crippen LogP) is 6.66. The molecule has 1 aliphatic heterocycles. The molecule has 0 amide bonds. The third kappa shape index (κ3) is 6.99. The fourth-order valence-corrected chi connectivity index (χ4v) is 5.38. The van der Waals surface area contributed by atoms with E-state index in [4.69, 9.17) is 14.2 Å². The number of halogens is 1. The normalized spacial score (nSPS) is 18.5. The zero-order valence-electron chi connectivity index (χ0n) is 22.3. The van der Waals surface area contributed by atoms with Gasteiger partial charge >= 0.3 is 0 Å². The Bertz CT molecular complexity index is 1060. The molecule has 0 N–H and O–H groups in total. The molecule has 0 saturated carbocycles. The molecule has 0 spiro atoms. The number of morpholine rings is 1. The average Bonchev–Trinajstić information content (AvgIpc) is 2.93. The standard InChI is InChI=1S/C31H40FNO4/c1-3-20-37-28-16-15-27(32)30-29(28)24(8-5-4-6-17-33-18-21-36-22-19-33)9-7-10-26(31(30)34)23-11-13-25(35-2)14-12-23/h10-16,24H,3-9,17-22H2,1-2H3. The summed E-state index contributed by atoms with van der Waals surface area (Å²) in [6.45, 7) is 7.36. The van der Waals surface area contributed by atoms with E-state index >= 15 is 4.39 Å². The minimum absolute atomic E-state index is 0.0820. The predicted molar refractivity (Wildman–Crippen MR) is 145 cm³/mol. The van der Waals surface area contributed by atoms with Gasteiger partial charge in [0.2, 0.25) is 0 Å². The molecule has 2 aliphatic rings. The average molecular weight is 510 g/mol. The topological polar surface area (TPSA) is 48.0 Å². The Morgan fingerprint density at radius 2 is 1.84 bits per heavy atom. The van der Waals surface area contributed by atoms with E-state index in [0.717, 1.165) is 94.7 Å². The summed E-state index contributed by atoms with van der Waals surface area (Å²) in [4.78, 5) is 16.3. The summed E-state index contributed by atoms with van der Waals surface area (Å²) < 4.78 is 32.2. The smallest absolute Gasteiger partial charge is 0.196 e. The van der Waals surface area contributed by atoms with Crippen molar-refractivity contribution in [1.82, 2.24) is 4.90 Å². The van der Waals surface area contributed by atoms with Crippen molar-refractivity contribution in [2.45, 2.75) is 57.8 Å². The summed E-state index contributed by atoms with van der Waals surface area (Å²) >= 11 is 0. The van der Waals surface area contributed by atoms with E-state index in [1.165, 1.54) is 6.07 Å². The molecule has 6 heteroatoms. The number of carbonyl (C=O) groups excluding carboxylic acids is 1. The number of fused-ring (bicyclic) bond motifs is 1. The van der Waals surface area contributed by atoms with Gasteiger partial charge in [0.1, 0.15) is 17.3 Å². The maximum atomic E-state index is 15.4. The third-order valence-corrected chi connectivity index (χ3v) is 7.39. The lowest BCUT2D eigenvalue weighted by Crippen LogP contribution is -2.36. The van der Waals surface area contributed by atoms with Crippen molar-refractivity contribution in [3.8, 4) is 11.5 Å². The van der Waals surface area contributed by atoms with Gasteiger partial charge < -0.3 is 14.2 Å². The highest BCUT2D eigenvalue weighted by molar-refractivity contribution is 6.29. The van der Waals surface area contributed by atoms with Gasteiger partial charge in [-0.25, -0.2) is 4.39 Å². The number of unbranched alkanes of at least 4 members (excludes halogenated alkanes) is 2. The van der Waals surface area contributed by atoms with Gasteiger partial charge in [0.15, 0.2) is 5.78 Å². The highest BCUT2D eigenvalue weighted by Gasteiger charge is 2.30. The summed E-state index contributed by atoms with van der Waals surface area (Å²) in [6, 6.07) is 10.5. The molecule has 200 valence electrons. The monoisotopic (exact) mass is 509 g/mol. The number of ketones is 1. The van der Waals surface area contributed by atoms with Gasteiger partial charge in [-0.05, 0) is 74.4 Å². The molecule has 1 unspecified atom stereocenters. The van der Waals surface area contributed by atoms with E-state index < -0.39 is 5.82 Å². The lowest BCUT2D eigenvalue weighted by Gasteiger charge is -2.27. The van der Waals surface area contributed by atoms with Crippen molar-refractivity contribution in [2.75, 3.05) is 46.6 Å². The number of methoxy groups -OCH3 is 1. The molecule has 1 atom stereocenters. The Labute approximate surface area is 220 Å². The first-order valence-electron chi connectivity index (χ1n) is 13.8. The van der Waals surface area contributed by atoms with E-state index in [2.05, 4.69) is 11.8 Å². The van der Waals surface area contributed by atoms with Crippen molar-refractivity contribution in [2.24, 2.45) is 0 Å². The molecular formula is C31H40FNO4. The van der Waals surface area contributed by atoms with Crippen molar-refractivity contribution < 1.29 is 23.4 Å². The van der Waals surface area contributed by atoms with Crippen molar-refractivity contribution in [3.63, 3.8) is 0 Å². The largest absolute Gasteiger partial charge is 0.497 e. The SMILES string of the molecule is CCCOc1ccc(F)c2c1C(CCCCCN1CCOCC1)CCC=C(c1ccc(OC)cc1)C2=O. The number of benzene rings is 2. The van der Waals surface area contributed by atoms with Gasteiger partial charge in [-0.1, -0.05) is 38.0 Å². The number of nitrogens with zero attached hydrogens (tertiary/aromatic N) is 1. The van der Waals surface area contributed by atoms with Gasteiger partial charge in [-0.3, -0.25) is 9.69 Å². The van der Waals surface area contributed by atoms with Crippen molar-refractivity contribution in [1.29, 1.82) is 0 Å². The van der Waals surface area contributed by atoms with Crippen LogP contribution in [-0.4, -0.2) is 57.2 Å². The molecule has 2 aromatic rings. The maximum absolute atomic E-state index is 15.4. The number of Topliss-reactive ketones (excluding diaryl/α,β-unsaturated/α-hetero) is 1.